The zero-order chi connectivity index (χ0) is 21.3. The summed E-state index contributed by atoms with van der Waals surface area (Å²) in [6.45, 7) is 1.46. The highest BCUT2D eigenvalue weighted by molar-refractivity contribution is 5.92. The van der Waals surface area contributed by atoms with Crippen LogP contribution in [0.3, 0.4) is 0 Å². The fourth-order valence-corrected chi connectivity index (χ4v) is 3.02. The van der Waals surface area contributed by atoms with E-state index in [1.807, 2.05) is 18.2 Å². The molecule has 8 heteroatoms. The van der Waals surface area contributed by atoms with Gasteiger partial charge in [-0.3, -0.25) is 9.59 Å². The topological polar surface area (TPSA) is 109 Å². The van der Waals surface area contributed by atoms with Crippen LogP contribution in [0.25, 0.3) is 0 Å². The summed E-state index contributed by atoms with van der Waals surface area (Å²) in [7, 11) is 1.58. The van der Waals surface area contributed by atoms with Crippen molar-refractivity contribution >= 4 is 11.8 Å². The standard InChI is InChI=1S/C22H26N2O6/c1-27-20-11-15(4-9-19(20)30-13-18-3-2-10-28-18)12-24-21(25)14-29-17-7-5-16(6-8-17)22(23)26/h4-9,11,18H,2-3,10,12-14H2,1H3,(H2,23,26)(H,24,25). The van der Waals surface area contributed by atoms with Crippen molar-refractivity contribution in [2.24, 2.45) is 5.73 Å². The van der Waals surface area contributed by atoms with Crippen molar-refractivity contribution in [2.75, 3.05) is 26.9 Å². The van der Waals surface area contributed by atoms with Gasteiger partial charge in [-0.25, -0.2) is 0 Å². The van der Waals surface area contributed by atoms with Gasteiger partial charge in [0.2, 0.25) is 5.91 Å². The lowest BCUT2D eigenvalue weighted by Gasteiger charge is -2.15. The highest BCUT2D eigenvalue weighted by Gasteiger charge is 2.17. The van der Waals surface area contributed by atoms with Gasteiger partial charge in [-0.15, -0.1) is 0 Å². The van der Waals surface area contributed by atoms with Gasteiger partial charge in [0, 0.05) is 18.7 Å². The normalized spacial score (nSPS) is 15.4. The largest absolute Gasteiger partial charge is 0.493 e. The lowest BCUT2D eigenvalue weighted by atomic mass is 10.2. The number of hydrogen-bond acceptors (Lipinski definition) is 6. The molecule has 1 atom stereocenters. The summed E-state index contributed by atoms with van der Waals surface area (Å²) in [6.07, 6.45) is 2.19. The maximum Gasteiger partial charge on any atom is 0.258 e. The average Bonchev–Trinajstić information content (AvgIpc) is 3.29. The molecule has 1 aliphatic heterocycles. The maximum atomic E-state index is 12.1. The highest BCUT2D eigenvalue weighted by Crippen LogP contribution is 2.29. The molecule has 0 aromatic heterocycles. The smallest absolute Gasteiger partial charge is 0.258 e. The number of amides is 2. The molecule has 0 aliphatic carbocycles. The van der Waals surface area contributed by atoms with Gasteiger partial charge in [-0.2, -0.15) is 0 Å². The lowest BCUT2D eigenvalue weighted by molar-refractivity contribution is -0.123. The predicted octanol–water partition coefficient (Wildman–Crippen LogP) is 2.05. The highest BCUT2D eigenvalue weighted by atomic mass is 16.5. The van der Waals surface area contributed by atoms with Gasteiger partial charge in [-0.1, -0.05) is 6.07 Å². The van der Waals surface area contributed by atoms with Crippen molar-refractivity contribution in [2.45, 2.75) is 25.5 Å². The first-order chi connectivity index (χ1) is 14.5. The zero-order valence-corrected chi connectivity index (χ0v) is 16.9. The summed E-state index contributed by atoms with van der Waals surface area (Å²) < 4.78 is 22.2. The summed E-state index contributed by atoms with van der Waals surface area (Å²) in [6, 6.07) is 11.8. The monoisotopic (exact) mass is 414 g/mol. The van der Waals surface area contributed by atoms with E-state index < -0.39 is 5.91 Å². The molecule has 8 nitrogen and oxygen atoms in total. The molecular weight excluding hydrogens is 388 g/mol. The Labute approximate surface area is 175 Å². The molecule has 160 valence electrons. The maximum absolute atomic E-state index is 12.1. The minimum Gasteiger partial charge on any atom is -0.493 e. The Kier molecular flexibility index (Phi) is 7.51. The van der Waals surface area contributed by atoms with E-state index in [-0.39, 0.29) is 18.6 Å². The Bertz CT molecular complexity index is 862. The molecule has 0 bridgehead atoms. The van der Waals surface area contributed by atoms with E-state index in [1.165, 1.54) is 0 Å². The van der Waals surface area contributed by atoms with Crippen molar-refractivity contribution in [3.05, 3.63) is 53.6 Å². The van der Waals surface area contributed by atoms with Gasteiger partial charge in [0.25, 0.3) is 5.91 Å². The van der Waals surface area contributed by atoms with Crippen LogP contribution in [0.1, 0.15) is 28.8 Å². The Morgan fingerprint density at radius 1 is 1.13 bits per heavy atom. The summed E-state index contributed by atoms with van der Waals surface area (Å²) in [4.78, 5) is 23.1. The third kappa shape index (κ3) is 6.12. The number of methoxy groups -OCH3 is 1. The molecule has 3 rings (SSSR count). The molecule has 30 heavy (non-hydrogen) atoms. The first-order valence-electron chi connectivity index (χ1n) is 9.76. The molecule has 3 N–H and O–H groups in total. The first-order valence-corrected chi connectivity index (χ1v) is 9.76. The first kappa shape index (κ1) is 21.4. The van der Waals surface area contributed by atoms with Crippen LogP contribution in [-0.4, -0.2) is 44.8 Å². The van der Waals surface area contributed by atoms with Crippen molar-refractivity contribution in [3.63, 3.8) is 0 Å². The second kappa shape index (κ2) is 10.5. The van der Waals surface area contributed by atoms with Crippen molar-refractivity contribution in [1.29, 1.82) is 0 Å². The van der Waals surface area contributed by atoms with E-state index in [9.17, 15) is 9.59 Å². The molecule has 1 heterocycles. The summed E-state index contributed by atoms with van der Waals surface area (Å²) >= 11 is 0. The third-order valence-corrected chi connectivity index (χ3v) is 4.68. The number of nitrogens with one attached hydrogen (secondary N) is 1. The number of ether oxygens (including phenoxy) is 4. The SMILES string of the molecule is COc1cc(CNC(=O)COc2ccc(C(N)=O)cc2)ccc1OCC1CCCO1. The molecule has 0 saturated carbocycles. The Morgan fingerprint density at radius 2 is 1.93 bits per heavy atom. The van der Waals surface area contributed by atoms with E-state index in [1.54, 1.807) is 31.4 Å². The summed E-state index contributed by atoms with van der Waals surface area (Å²) in [5.74, 6) is 0.936. The summed E-state index contributed by atoms with van der Waals surface area (Å²) in [5.41, 5.74) is 6.44. The van der Waals surface area contributed by atoms with Gasteiger partial charge in [0.15, 0.2) is 18.1 Å². The van der Waals surface area contributed by atoms with Crippen molar-refractivity contribution in [1.82, 2.24) is 5.32 Å². The van der Waals surface area contributed by atoms with E-state index in [0.29, 0.717) is 36.0 Å². The average molecular weight is 414 g/mol. The van der Waals surface area contributed by atoms with E-state index in [0.717, 1.165) is 25.0 Å². The Morgan fingerprint density at radius 3 is 2.60 bits per heavy atom. The molecule has 1 unspecified atom stereocenters. The van der Waals surface area contributed by atoms with Crippen LogP contribution in [0.2, 0.25) is 0 Å². The van der Waals surface area contributed by atoms with Gasteiger partial charge < -0.3 is 30.0 Å². The molecule has 2 aromatic rings. The fraction of sp³-hybridized carbons (Fsp3) is 0.364. The van der Waals surface area contributed by atoms with Crippen molar-refractivity contribution in [3.8, 4) is 17.2 Å². The van der Waals surface area contributed by atoms with E-state index in [4.69, 9.17) is 24.7 Å². The fourth-order valence-electron chi connectivity index (χ4n) is 3.02. The molecule has 1 saturated heterocycles. The van der Waals surface area contributed by atoms with Crippen LogP contribution in [0, 0.1) is 0 Å². The molecule has 1 fully saturated rings. The van der Waals surface area contributed by atoms with Gasteiger partial charge >= 0.3 is 0 Å². The van der Waals surface area contributed by atoms with Crippen LogP contribution in [0.15, 0.2) is 42.5 Å². The predicted molar refractivity (Wildman–Crippen MR) is 110 cm³/mol. The zero-order valence-electron chi connectivity index (χ0n) is 16.9. The van der Waals surface area contributed by atoms with Crippen LogP contribution in [0.5, 0.6) is 17.2 Å². The Hall–Kier alpha value is -3.26. The Balaban J connectivity index is 1.45. The molecule has 2 amide bonds. The van der Waals surface area contributed by atoms with E-state index in [2.05, 4.69) is 5.32 Å². The third-order valence-electron chi connectivity index (χ3n) is 4.68. The second-order valence-corrected chi connectivity index (χ2v) is 6.89. The molecular formula is C22H26N2O6. The van der Waals surface area contributed by atoms with Gasteiger partial charge in [0.1, 0.15) is 12.4 Å². The van der Waals surface area contributed by atoms with Crippen LogP contribution < -0.4 is 25.3 Å². The number of nitrogens with two attached hydrogens (primary N) is 1. The number of carbonyl (C=O) groups is 2. The number of benzene rings is 2. The summed E-state index contributed by atoms with van der Waals surface area (Å²) in [5, 5.41) is 2.79. The van der Waals surface area contributed by atoms with Gasteiger partial charge in [-0.05, 0) is 54.8 Å². The van der Waals surface area contributed by atoms with Crippen LogP contribution in [-0.2, 0) is 16.1 Å². The minimum atomic E-state index is -0.516. The van der Waals surface area contributed by atoms with E-state index >= 15 is 0 Å². The molecule has 1 aliphatic rings. The van der Waals surface area contributed by atoms with Gasteiger partial charge in [0.05, 0.1) is 13.2 Å². The molecule has 2 aromatic carbocycles. The van der Waals surface area contributed by atoms with Crippen LogP contribution >= 0.6 is 0 Å². The second-order valence-electron chi connectivity index (χ2n) is 6.89. The molecule has 0 radical (unpaired) electrons. The number of hydrogen-bond donors (Lipinski definition) is 2. The number of primary amides is 1. The molecule has 0 spiro atoms. The quantitative estimate of drug-likeness (QED) is 0.616. The minimum absolute atomic E-state index is 0.126. The van der Waals surface area contributed by atoms with Crippen molar-refractivity contribution < 1.29 is 28.5 Å². The lowest BCUT2D eigenvalue weighted by Crippen LogP contribution is -2.28. The number of rotatable bonds is 10. The number of carbonyl (C=O) groups excluding carboxylic acids is 2. The van der Waals surface area contributed by atoms with Crippen LogP contribution in [0.4, 0.5) is 0 Å².